The van der Waals surface area contributed by atoms with E-state index >= 15 is 0 Å². The van der Waals surface area contributed by atoms with Gasteiger partial charge in [0.05, 0.1) is 9.50 Å². The third-order valence-corrected chi connectivity index (χ3v) is 3.52. The third-order valence-electron chi connectivity index (χ3n) is 1.80. The summed E-state index contributed by atoms with van der Waals surface area (Å²) in [5.74, 6) is -0.278. The van der Waals surface area contributed by atoms with Crippen LogP contribution in [0.15, 0.2) is 16.6 Å². The Morgan fingerprint density at radius 2 is 2.24 bits per heavy atom. The van der Waals surface area contributed by atoms with Gasteiger partial charge in [0.1, 0.15) is 10.8 Å². The van der Waals surface area contributed by atoms with E-state index in [1.165, 1.54) is 23.5 Å². The second kappa shape index (κ2) is 5.26. The smallest absolute Gasteiger partial charge is 0.299 e. The van der Waals surface area contributed by atoms with E-state index in [1.807, 2.05) is 0 Å². The highest BCUT2D eigenvalue weighted by Crippen LogP contribution is 2.34. The second-order valence-electron chi connectivity index (χ2n) is 2.96. The summed E-state index contributed by atoms with van der Waals surface area (Å²) >= 11 is 10.1. The van der Waals surface area contributed by atoms with Gasteiger partial charge < -0.3 is 10.5 Å². The standard InChI is InChI=1S/C9H6BrClFN3OS/c10-4-1-5(11)7(2-6(4)12)16-9-15-14-8(3-13)17-9/h1-2H,3,13H2. The summed E-state index contributed by atoms with van der Waals surface area (Å²) in [6, 6.07) is 2.59. The Balaban J connectivity index is 2.26. The van der Waals surface area contributed by atoms with Crippen LogP contribution in [-0.2, 0) is 6.54 Å². The highest BCUT2D eigenvalue weighted by Gasteiger charge is 2.11. The molecule has 0 aliphatic carbocycles. The SMILES string of the molecule is NCc1nnc(Oc2cc(F)c(Br)cc2Cl)s1. The van der Waals surface area contributed by atoms with Gasteiger partial charge in [-0.3, -0.25) is 0 Å². The Kier molecular flexibility index (Phi) is 3.93. The van der Waals surface area contributed by atoms with Gasteiger partial charge in [0, 0.05) is 12.6 Å². The number of benzene rings is 1. The molecule has 1 heterocycles. The molecule has 2 rings (SSSR count). The molecule has 0 aliphatic heterocycles. The van der Waals surface area contributed by atoms with E-state index in [0.29, 0.717) is 5.01 Å². The molecule has 8 heteroatoms. The molecule has 1 aromatic heterocycles. The van der Waals surface area contributed by atoms with Crippen LogP contribution in [0.3, 0.4) is 0 Å². The fourth-order valence-electron chi connectivity index (χ4n) is 1.04. The molecule has 17 heavy (non-hydrogen) atoms. The van der Waals surface area contributed by atoms with Crippen LogP contribution in [0.5, 0.6) is 10.9 Å². The van der Waals surface area contributed by atoms with Crippen molar-refractivity contribution in [3.05, 3.63) is 32.5 Å². The van der Waals surface area contributed by atoms with E-state index in [4.69, 9.17) is 22.1 Å². The van der Waals surface area contributed by atoms with Crippen LogP contribution in [0, 0.1) is 5.82 Å². The molecule has 0 fully saturated rings. The maximum atomic E-state index is 13.3. The molecule has 0 atom stereocenters. The average molecular weight is 339 g/mol. The van der Waals surface area contributed by atoms with E-state index in [9.17, 15) is 4.39 Å². The fourth-order valence-corrected chi connectivity index (χ4v) is 2.30. The van der Waals surface area contributed by atoms with Crippen molar-refractivity contribution in [3.63, 3.8) is 0 Å². The minimum absolute atomic E-state index is 0.187. The van der Waals surface area contributed by atoms with Crippen molar-refractivity contribution < 1.29 is 9.13 Å². The van der Waals surface area contributed by atoms with Crippen molar-refractivity contribution in [1.29, 1.82) is 0 Å². The first-order valence-electron chi connectivity index (χ1n) is 4.45. The molecule has 0 saturated carbocycles. The van der Waals surface area contributed by atoms with Gasteiger partial charge in [-0.1, -0.05) is 28.0 Å². The van der Waals surface area contributed by atoms with Gasteiger partial charge in [-0.25, -0.2) is 4.39 Å². The largest absolute Gasteiger partial charge is 0.428 e. The number of hydrogen-bond acceptors (Lipinski definition) is 5. The molecule has 4 nitrogen and oxygen atoms in total. The van der Waals surface area contributed by atoms with Crippen LogP contribution < -0.4 is 10.5 Å². The predicted molar refractivity (Wildman–Crippen MR) is 67.0 cm³/mol. The summed E-state index contributed by atoms with van der Waals surface area (Å²) in [5, 5.41) is 8.71. The van der Waals surface area contributed by atoms with Gasteiger partial charge in [-0.05, 0) is 22.0 Å². The summed E-state index contributed by atoms with van der Waals surface area (Å²) < 4.78 is 18.9. The van der Waals surface area contributed by atoms with Crippen molar-refractivity contribution in [2.75, 3.05) is 0 Å². The van der Waals surface area contributed by atoms with E-state index in [1.54, 1.807) is 0 Å². The zero-order valence-corrected chi connectivity index (χ0v) is 11.4. The van der Waals surface area contributed by atoms with Gasteiger partial charge in [0.15, 0.2) is 5.75 Å². The maximum absolute atomic E-state index is 13.3. The summed E-state index contributed by atoms with van der Waals surface area (Å²) in [6.45, 7) is 0.281. The third kappa shape index (κ3) is 2.92. The first kappa shape index (κ1) is 12.7. The lowest BCUT2D eigenvalue weighted by Crippen LogP contribution is -1.94. The molecule has 0 amide bonds. The molecule has 1 aromatic carbocycles. The zero-order chi connectivity index (χ0) is 12.4. The monoisotopic (exact) mass is 337 g/mol. The molecule has 0 spiro atoms. The lowest BCUT2D eigenvalue weighted by atomic mass is 10.3. The van der Waals surface area contributed by atoms with E-state index in [0.717, 1.165) is 0 Å². The van der Waals surface area contributed by atoms with Crippen molar-refractivity contribution in [3.8, 4) is 10.9 Å². The van der Waals surface area contributed by atoms with Gasteiger partial charge in [0.25, 0.3) is 5.19 Å². The molecule has 90 valence electrons. The molecule has 0 radical (unpaired) electrons. The van der Waals surface area contributed by atoms with E-state index < -0.39 is 5.82 Å². The highest BCUT2D eigenvalue weighted by molar-refractivity contribution is 9.10. The Bertz CT molecular complexity index is 551. The van der Waals surface area contributed by atoms with Crippen LogP contribution in [-0.4, -0.2) is 10.2 Å². The maximum Gasteiger partial charge on any atom is 0.299 e. The molecular weight excluding hydrogens is 333 g/mol. The summed E-state index contributed by atoms with van der Waals surface area (Å²) in [4.78, 5) is 0. The minimum atomic E-state index is -0.465. The number of nitrogens with two attached hydrogens (primary N) is 1. The van der Waals surface area contributed by atoms with Crippen LogP contribution >= 0.6 is 38.9 Å². The molecule has 2 aromatic rings. The lowest BCUT2D eigenvalue weighted by molar-refractivity contribution is 0.467. The quantitative estimate of drug-likeness (QED) is 0.872. The number of ether oxygens (including phenoxy) is 1. The molecule has 2 N–H and O–H groups in total. The van der Waals surface area contributed by atoms with Crippen LogP contribution in [0.25, 0.3) is 0 Å². The van der Waals surface area contributed by atoms with Gasteiger partial charge in [0.2, 0.25) is 0 Å². The van der Waals surface area contributed by atoms with Gasteiger partial charge in [-0.15, -0.1) is 5.10 Å². The van der Waals surface area contributed by atoms with Crippen molar-refractivity contribution in [1.82, 2.24) is 10.2 Å². The van der Waals surface area contributed by atoms with Crippen molar-refractivity contribution in [2.24, 2.45) is 5.73 Å². The summed E-state index contributed by atoms with van der Waals surface area (Å²) in [5.41, 5.74) is 5.39. The zero-order valence-electron chi connectivity index (χ0n) is 8.28. The second-order valence-corrected chi connectivity index (χ2v) is 5.25. The number of hydrogen-bond donors (Lipinski definition) is 1. The number of aromatic nitrogens is 2. The predicted octanol–water partition coefficient (Wildman–Crippen LogP) is 3.34. The summed E-state index contributed by atoms with van der Waals surface area (Å²) in [6.07, 6.45) is 0. The van der Waals surface area contributed by atoms with Gasteiger partial charge >= 0.3 is 0 Å². The average Bonchev–Trinajstić information content (AvgIpc) is 2.73. The first-order chi connectivity index (χ1) is 8.10. The number of nitrogens with zero attached hydrogens (tertiary/aromatic N) is 2. The van der Waals surface area contributed by atoms with Crippen LogP contribution in [0.2, 0.25) is 5.02 Å². The summed E-state index contributed by atoms with van der Waals surface area (Å²) in [7, 11) is 0. The Morgan fingerprint density at radius 1 is 1.47 bits per heavy atom. The van der Waals surface area contributed by atoms with E-state index in [2.05, 4.69) is 26.1 Å². The number of halogens is 3. The van der Waals surface area contributed by atoms with Crippen molar-refractivity contribution >= 4 is 38.9 Å². The Morgan fingerprint density at radius 3 is 2.88 bits per heavy atom. The molecule has 0 aliphatic rings. The molecular formula is C9H6BrClFN3OS. The Labute approximate surface area is 114 Å². The Hall–Kier alpha value is -0.760. The minimum Gasteiger partial charge on any atom is -0.428 e. The normalized spacial score (nSPS) is 10.6. The van der Waals surface area contributed by atoms with E-state index in [-0.39, 0.29) is 27.0 Å². The van der Waals surface area contributed by atoms with Gasteiger partial charge in [-0.2, -0.15) is 0 Å². The fraction of sp³-hybridized carbons (Fsp3) is 0.111. The van der Waals surface area contributed by atoms with Crippen molar-refractivity contribution in [2.45, 2.75) is 6.54 Å². The molecule has 0 bridgehead atoms. The lowest BCUT2D eigenvalue weighted by Gasteiger charge is -2.04. The molecule has 0 unspecified atom stereocenters. The molecule has 0 saturated heterocycles. The van der Waals surface area contributed by atoms with Crippen LogP contribution in [0.4, 0.5) is 4.39 Å². The first-order valence-corrected chi connectivity index (χ1v) is 6.43. The van der Waals surface area contributed by atoms with Crippen LogP contribution in [0.1, 0.15) is 5.01 Å². The topological polar surface area (TPSA) is 61.0 Å². The number of rotatable bonds is 3. The highest BCUT2D eigenvalue weighted by atomic mass is 79.9.